The number of fused-ring (bicyclic) bond motifs is 1. The average molecular weight is 327 g/mol. The third-order valence-electron chi connectivity index (χ3n) is 3.15. The van der Waals surface area contributed by atoms with Crippen LogP contribution in [0, 0.1) is 11.6 Å². The van der Waals surface area contributed by atoms with Crippen molar-refractivity contribution in [1.82, 2.24) is 9.55 Å². The molecule has 1 heterocycles. The van der Waals surface area contributed by atoms with E-state index < -0.39 is 17.0 Å². The molecule has 1 atom stereocenters. The van der Waals surface area contributed by atoms with Crippen molar-refractivity contribution < 1.29 is 8.78 Å². The number of alkyl halides is 1. The van der Waals surface area contributed by atoms with Gasteiger partial charge in [0.1, 0.15) is 17.5 Å². The Bertz CT molecular complexity index is 828. The van der Waals surface area contributed by atoms with Crippen molar-refractivity contribution in [3.05, 3.63) is 58.9 Å². The van der Waals surface area contributed by atoms with Gasteiger partial charge in [0.05, 0.1) is 27.1 Å². The molecule has 0 spiro atoms. The van der Waals surface area contributed by atoms with Crippen LogP contribution < -0.4 is 0 Å². The Morgan fingerprint density at radius 2 is 1.76 bits per heavy atom. The lowest BCUT2D eigenvalue weighted by Gasteiger charge is -2.12. The van der Waals surface area contributed by atoms with Crippen molar-refractivity contribution in [2.24, 2.45) is 0 Å². The third-order valence-corrected chi connectivity index (χ3v) is 3.65. The van der Waals surface area contributed by atoms with E-state index in [-0.39, 0.29) is 5.02 Å². The van der Waals surface area contributed by atoms with Crippen LogP contribution in [0.5, 0.6) is 0 Å². The van der Waals surface area contributed by atoms with Gasteiger partial charge in [-0.2, -0.15) is 0 Å². The maximum Gasteiger partial charge on any atom is 0.132 e. The third kappa shape index (κ3) is 2.49. The van der Waals surface area contributed by atoms with E-state index in [0.717, 1.165) is 0 Å². The van der Waals surface area contributed by atoms with Crippen LogP contribution in [0.4, 0.5) is 8.78 Å². The van der Waals surface area contributed by atoms with Gasteiger partial charge in [-0.25, -0.2) is 13.8 Å². The molecule has 108 valence electrons. The molecule has 1 unspecified atom stereocenters. The Morgan fingerprint density at radius 3 is 2.43 bits per heavy atom. The summed E-state index contributed by atoms with van der Waals surface area (Å²) in [6.07, 6.45) is 0. The number of halogens is 4. The predicted octanol–water partition coefficient (Wildman–Crippen LogP) is 5.26. The summed E-state index contributed by atoms with van der Waals surface area (Å²) in [6, 6.07) is 8.26. The quantitative estimate of drug-likeness (QED) is 0.587. The van der Waals surface area contributed by atoms with E-state index in [1.54, 1.807) is 17.6 Å². The topological polar surface area (TPSA) is 17.8 Å². The van der Waals surface area contributed by atoms with Gasteiger partial charge in [-0.1, -0.05) is 11.6 Å². The summed E-state index contributed by atoms with van der Waals surface area (Å²) in [5.41, 5.74) is 1.64. The molecule has 1 aromatic heterocycles. The highest BCUT2D eigenvalue weighted by Crippen LogP contribution is 2.32. The van der Waals surface area contributed by atoms with E-state index in [1.807, 2.05) is 0 Å². The molecule has 21 heavy (non-hydrogen) atoms. The number of nitrogens with zero attached hydrogens (tertiary/aromatic N) is 2. The van der Waals surface area contributed by atoms with Gasteiger partial charge < -0.3 is 0 Å². The molecule has 6 heteroatoms. The Kier molecular flexibility index (Phi) is 3.59. The van der Waals surface area contributed by atoms with Crippen molar-refractivity contribution >= 4 is 34.2 Å². The van der Waals surface area contributed by atoms with E-state index in [9.17, 15) is 8.78 Å². The molecular weight excluding hydrogens is 317 g/mol. The van der Waals surface area contributed by atoms with Crippen molar-refractivity contribution in [2.75, 3.05) is 0 Å². The van der Waals surface area contributed by atoms with Crippen molar-refractivity contribution in [1.29, 1.82) is 0 Å². The highest BCUT2D eigenvalue weighted by atomic mass is 35.5. The molecule has 0 aliphatic carbocycles. The van der Waals surface area contributed by atoms with Crippen LogP contribution >= 0.6 is 23.2 Å². The number of benzene rings is 2. The van der Waals surface area contributed by atoms with Gasteiger partial charge in [-0.3, -0.25) is 4.57 Å². The first-order valence-corrected chi connectivity index (χ1v) is 7.06. The molecule has 2 nitrogen and oxygen atoms in total. The standard InChI is InChI=1S/C15H10Cl2F2N2/c1-8(16)15-20-12-4-2-10(19)7-14(12)21(15)13-5-3-9(18)6-11(13)17/h2-8H,1H3. The zero-order chi connectivity index (χ0) is 15.1. The fourth-order valence-corrected chi connectivity index (χ4v) is 2.65. The second-order valence-corrected chi connectivity index (χ2v) is 5.71. The SMILES string of the molecule is CC(Cl)c1nc2ccc(F)cc2n1-c1ccc(F)cc1Cl. The smallest absolute Gasteiger partial charge is 0.132 e. The Labute approximate surface area is 129 Å². The van der Waals surface area contributed by atoms with Gasteiger partial charge in [0, 0.05) is 6.07 Å². The first-order valence-electron chi connectivity index (χ1n) is 6.25. The molecule has 0 radical (unpaired) electrons. The van der Waals surface area contributed by atoms with E-state index in [2.05, 4.69) is 4.98 Å². The summed E-state index contributed by atoms with van der Waals surface area (Å²) in [6.45, 7) is 1.76. The van der Waals surface area contributed by atoms with Gasteiger partial charge in [-0.05, 0) is 37.3 Å². The normalized spacial score (nSPS) is 12.8. The minimum absolute atomic E-state index is 0.206. The van der Waals surface area contributed by atoms with Gasteiger partial charge in [-0.15, -0.1) is 11.6 Å². The molecule has 2 aromatic carbocycles. The van der Waals surface area contributed by atoms with Crippen molar-refractivity contribution in [3.63, 3.8) is 0 Å². The van der Waals surface area contributed by atoms with Crippen LogP contribution in [-0.4, -0.2) is 9.55 Å². The second kappa shape index (κ2) is 5.28. The van der Waals surface area contributed by atoms with E-state index >= 15 is 0 Å². The molecule has 3 aromatic rings. The first-order chi connectivity index (χ1) is 9.97. The van der Waals surface area contributed by atoms with E-state index in [1.165, 1.54) is 30.3 Å². The van der Waals surface area contributed by atoms with Gasteiger partial charge in [0.15, 0.2) is 0 Å². The number of imidazole rings is 1. The van der Waals surface area contributed by atoms with Crippen LogP contribution in [-0.2, 0) is 0 Å². The summed E-state index contributed by atoms with van der Waals surface area (Å²) in [5.74, 6) is -0.318. The Hall–Kier alpha value is -1.65. The van der Waals surface area contributed by atoms with Crippen LogP contribution in [0.15, 0.2) is 36.4 Å². The monoisotopic (exact) mass is 326 g/mol. The molecular formula is C15H10Cl2F2N2. The summed E-state index contributed by atoms with van der Waals surface area (Å²) in [4.78, 5) is 4.41. The van der Waals surface area contributed by atoms with Crippen LogP contribution in [0.3, 0.4) is 0 Å². The lowest BCUT2D eigenvalue weighted by atomic mass is 10.2. The van der Waals surface area contributed by atoms with Crippen LogP contribution in [0.2, 0.25) is 5.02 Å². The fourth-order valence-electron chi connectivity index (χ4n) is 2.25. The average Bonchev–Trinajstić information content (AvgIpc) is 2.77. The lowest BCUT2D eigenvalue weighted by molar-refractivity contribution is 0.626. The Balaban J connectivity index is 2.38. The van der Waals surface area contributed by atoms with Crippen LogP contribution in [0.1, 0.15) is 18.1 Å². The van der Waals surface area contributed by atoms with E-state index in [0.29, 0.717) is 22.5 Å². The minimum atomic E-state index is -0.445. The maximum atomic E-state index is 13.5. The Morgan fingerprint density at radius 1 is 1.10 bits per heavy atom. The van der Waals surface area contributed by atoms with Crippen molar-refractivity contribution in [3.8, 4) is 5.69 Å². The molecule has 0 saturated heterocycles. The van der Waals surface area contributed by atoms with Gasteiger partial charge >= 0.3 is 0 Å². The molecule has 0 saturated carbocycles. The number of hydrogen-bond donors (Lipinski definition) is 0. The molecule has 0 amide bonds. The number of rotatable bonds is 2. The zero-order valence-electron chi connectivity index (χ0n) is 10.9. The minimum Gasteiger partial charge on any atom is -0.293 e. The zero-order valence-corrected chi connectivity index (χ0v) is 12.5. The largest absolute Gasteiger partial charge is 0.293 e. The highest BCUT2D eigenvalue weighted by molar-refractivity contribution is 6.32. The summed E-state index contributed by atoms with van der Waals surface area (Å²) < 4.78 is 28.4. The summed E-state index contributed by atoms with van der Waals surface area (Å²) in [7, 11) is 0. The van der Waals surface area contributed by atoms with Crippen LogP contribution in [0.25, 0.3) is 16.7 Å². The number of aromatic nitrogens is 2. The fraction of sp³-hybridized carbons (Fsp3) is 0.133. The molecule has 3 rings (SSSR count). The van der Waals surface area contributed by atoms with E-state index in [4.69, 9.17) is 23.2 Å². The molecule has 0 bridgehead atoms. The first kappa shape index (κ1) is 14.3. The summed E-state index contributed by atoms with van der Waals surface area (Å²) >= 11 is 12.3. The lowest BCUT2D eigenvalue weighted by Crippen LogP contribution is -2.03. The van der Waals surface area contributed by atoms with Crippen molar-refractivity contribution in [2.45, 2.75) is 12.3 Å². The molecule has 0 aliphatic rings. The predicted molar refractivity (Wildman–Crippen MR) is 80.3 cm³/mol. The second-order valence-electron chi connectivity index (χ2n) is 4.65. The highest BCUT2D eigenvalue weighted by Gasteiger charge is 2.18. The molecule has 0 aliphatic heterocycles. The summed E-state index contributed by atoms with van der Waals surface area (Å²) in [5, 5.41) is -0.210. The molecule has 0 fully saturated rings. The van der Waals surface area contributed by atoms with Gasteiger partial charge in [0.2, 0.25) is 0 Å². The number of hydrogen-bond acceptors (Lipinski definition) is 1. The maximum absolute atomic E-state index is 13.5. The van der Waals surface area contributed by atoms with Gasteiger partial charge in [0.25, 0.3) is 0 Å². The molecule has 0 N–H and O–H groups in total.